The number of ether oxygens (including phenoxy) is 1. The monoisotopic (exact) mass is 317 g/mol. The van der Waals surface area contributed by atoms with Crippen molar-refractivity contribution < 1.29 is 31.6 Å². The molecular formula is C14H11F4NO3. The fraction of sp³-hybridized carbons (Fsp3) is 0.286. The van der Waals surface area contributed by atoms with Crippen LogP contribution in [0.5, 0.6) is 0 Å². The van der Waals surface area contributed by atoms with Crippen molar-refractivity contribution in [3.05, 3.63) is 40.9 Å². The average molecular weight is 317 g/mol. The Labute approximate surface area is 122 Å². The zero-order valence-corrected chi connectivity index (χ0v) is 11.6. The first kappa shape index (κ1) is 16.0. The Kier molecular flexibility index (Phi) is 4.20. The minimum atomic E-state index is -4.86. The van der Waals surface area contributed by atoms with Gasteiger partial charge in [-0.1, -0.05) is 5.16 Å². The normalized spacial score (nSPS) is 11.5. The summed E-state index contributed by atoms with van der Waals surface area (Å²) in [5.74, 6) is -2.07. The summed E-state index contributed by atoms with van der Waals surface area (Å²) in [6.45, 7) is 3.09. The van der Waals surface area contributed by atoms with Crippen LogP contribution < -0.4 is 0 Å². The van der Waals surface area contributed by atoms with Crippen molar-refractivity contribution in [3.63, 3.8) is 0 Å². The summed E-state index contributed by atoms with van der Waals surface area (Å²) in [7, 11) is 0. The van der Waals surface area contributed by atoms with Crippen LogP contribution in [0.4, 0.5) is 17.6 Å². The molecule has 0 atom stereocenters. The molecule has 0 bridgehead atoms. The molecule has 0 spiro atoms. The second kappa shape index (κ2) is 5.78. The molecule has 0 unspecified atom stereocenters. The molecule has 0 N–H and O–H groups in total. The second-order valence-electron chi connectivity index (χ2n) is 4.38. The number of benzene rings is 1. The van der Waals surface area contributed by atoms with Crippen molar-refractivity contribution >= 4 is 5.97 Å². The minimum absolute atomic E-state index is 0.0819. The Morgan fingerprint density at radius 1 is 1.36 bits per heavy atom. The van der Waals surface area contributed by atoms with Gasteiger partial charge in [-0.2, -0.15) is 13.2 Å². The Morgan fingerprint density at radius 2 is 2.05 bits per heavy atom. The maximum Gasteiger partial charge on any atom is 0.419 e. The van der Waals surface area contributed by atoms with E-state index >= 15 is 0 Å². The smallest absolute Gasteiger partial charge is 0.419 e. The van der Waals surface area contributed by atoms with E-state index in [4.69, 9.17) is 9.26 Å². The standard InChI is InChI=1S/C14H11F4NO3/c1-3-21-13(20)11-7(2)22-19-12(11)8-4-5-10(15)9(6-8)14(16,17)18/h4-6H,3H2,1-2H3. The number of halogens is 4. The molecule has 1 aromatic carbocycles. The zero-order valence-electron chi connectivity index (χ0n) is 11.6. The maximum atomic E-state index is 13.3. The second-order valence-corrected chi connectivity index (χ2v) is 4.38. The number of alkyl halides is 3. The maximum absolute atomic E-state index is 13.3. The van der Waals surface area contributed by atoms with Crippen molar-refractivity contribution in [1.29, 1.82) is 0 Å². The van der Waals surface area contributed by atoms with Gasteiger partial charge in [-0.25, -0.2) is 9.18 Å². The highest BCUT2D eigenvalue weighted by molar-refractivity contribution is 5.97. The van der Waals surface area contributed by atoms with Crippen LogP contribution in [0.1, 0.15) is 28.6 Å². The molecule has 2 aromatic rings. The largest absolute Gasteiger partial charge is 0.462 e. The van der Waals surface area contributed by atoms with Gasteiger partial charge in [-0.15, -0.1) is 0 Å². The SMILES string of the molecule is CCOC(=O)c1c(-c2ccc(F)c(C(F)(F)F)c2)noc1C. The Bertz CT molecular complexity index is 707. The highest BCUT2D eigenvalue weighted by Gasteiger charge is 2.35. The summed E-state index contributed by atoms with van der Waals surface area (Å²) in [5, 5.41) is 3.58. The quantitative estimate of drug-likeness (QED) is 0.634. The third-order valence-corrected chi connectivity index (χ3v) is 2.89. The molecule has 1 aromatic heterocycles. The molecule has 0 amide bonds. The van der Waals surface area contributed by atoms with E-state index < -0.39 is 23.5 Å². The number of carbonyl (C=O) groups excluding carboxylic acids is 1. The van der Waals surface area contributed by atoms with Crippen molar-refractivity contribution in [2.75, 3.05) is 6.61 Å². The summed E-state index contributed by atoms with van der Waals surface area (Å²) >= 11 is 0. The van der Waals surface area contributed by atoms with Gasteiger partial charge in [0.1, 0.15) is 22.8 Å². The Hall–Kier alpha value is -2.38. The lowest BCUT2D eigenvalue weighted by atomic mass is 10.0. The molecule has 8 heteroatoms. The number of nitrogens with zero attached hydrogens (tertiary/aromatic N) is 1. The van der Waals surface area contributed by atoms with Gasteiger partial charge < -0.3 is 9.26 Å². The number of aryl methyl sites for hydroxylation is 1. The zero-order chi connectivity index (χ0) is 16.5. The molecule has 0 aliphatic rings. The number of rotatable bonds is 3. The van der Waals surface area contributed by atoms with Gasteiger partial charge in [0.2, 0.25) is 0 Å². The molecular weight excluding hydrogens is 306 g/mol. The lowest BCUT2D eigenvalue weighted by Crippen LogP contribution is -2.09. The molecule has 0 aliphatic heterocycles. The minimum Gasteiger partial charge on any atom is -0.462 e. The van der Waals surface area contributed by atoms with Crippen molar-refractivity contribution in [1.82, 2.24) is 5.16 Å². The lowest BCUT2D eigenvalue weighted by Gasteiger charge is -2.09. The van der Waals surface area contributed by atoms with E-state index in [0.29, 0.717) is 12.1 Å². The number of carbonyl (C=O) groups is 1. The van der Waals surface area contributed by atoms with Gasteiger partial charge >= 0.3 is 12.1 Å². The first-order valence-corrected chi connectivity index (χ1v) is 6.26. The van der Waals surface area contributed by atoms with Crippen LogP contribution in [0.3, 0.4) is 0 Å². The predicted octanol–water partition coefficient (Wildman–Crippen LogP) is 3.98. The van der Waals surface area contributed by atoms with E-state index in [9.17, 15) is 22.4 Å². The van der Waals surface area contributed by atoms with Crippen LogP contribution in [0.15, 0.2) is 22.7 Å². The van der Waals surface area contributed by atoms with E-state index in [-0.39, 0.29) is 29.2 Å². The van der Waals surface area contributed by atoms with Gasteiger partial charge in [0, 0.05) is 5.56 Å². The Morgan fingerprint density at radius 3 is 2.64 bits per heavy atom. The van der Waals surface area contributed by atoms with Gasteiger partial charge in [0.05, 0.1) is 12.2 Å². The summed E-state index contributed by atoms with van der Waals surface area (Å²) in [5.41, 5.74) is -1.74. The Balaban J connectivity index is 2.56. The first-order valence-electron chi connectivity index (χ1n) is 6.26. The van der Waals surface area contributed by atoms with E-state index in [1.54, 1.807) is 6.92 Å². The number of aromatic nitrogens is 1. The van der Waals surface area contributed by atoms with E-state index in [1.807, 2.05) is 0 Å². The van der Waals surface area contributed by atoms with Crippen LogP contribution in [-0.2, 0) is 10.9 Å². The number of hydrogen-bond acceptors (Lipinski definition) is 4. The number of hydrogen-bond donors (Lipinski definition) is 0. The molecule has 118 valence electrons. The van der Waals surface area contributed by atoms with E-state index in [0.717, 1.165) is 6.07 Å². The molecule has 0 aliphatic carbocycles. The molecule has 1 heterocycles. The number of esters is 1. The molecule has 0 fully saturated rings. The van der Waals surface area contributed by atoms with Gasteiger partial charge in [-0.3, -0.25) is 0 Å². The topological polar surface area (TPSA) is 52.3 Å². The van der Waals surface area contributed by atoms with Crippen molar-refractivity contribution in [3.8, 4) is 11.3 Å². The fourth-order valence-electron chi connectivity index (χ4n) is 1.90. The van der Waals surface area contributed by atoms with Crippen LogP contribution in [-0.4, -0.2) is 17.7 Å². The third-order valence-electron chi connectivity index (χ3n) is 2.89. The molecule has 2 rings (SSSR count). The van der Waals surface area contributed by atoms with Crippen LogP contribution in [0.2, 0.25) is 0 Å². The first-order chi connectivity index (χ1) is 10.3. The molecule has 22 heavy (non-hydrogen) atoms. The summed E-state index contributed by atoms with van der Waals surface area (Å²) in [4.78, 5) is 11.9. The van der Waals surface area contributed by atoms with E-state index in [1.165, 1.54) is 6.92 Å². The summed E-state index contributed by atoms with van der Waals surface area (Å²) in [6, 6.07) is 2.33. The average Bonchev–Trinajstić information content (AvgIpc) is 2.80. The van der Waals surface area contributed by atoms with Crippen LogP contribution >= 0.6 is 0 Å². The van der Waals surface area contributed by atoms with Gasteiger partial charge in [-0.05, 0) is 32.0 Å². The molecule has 0 radical (unpaired) electrons. The molecule has 0 saturated carbocycles. The third kappa shape index (κ3) is 2.95. The predicted molar refractivity (Wildman–Crippen MR) is 67.6 cm³/mol. The summed E-state index contributed by atoms with van der Waals surface area (Å²) in [6.07, 6.45) is -4.86. The summed E-state index contributed by atoms with van der Waals surface area (Å²) < 4.78 is 61.2. The molecule has 4 nitrogen and oxygen atoms in total. The fourth-order valence-corrected chi connectivity index (χ4v) is 1.90. The lowest BCUT2D eigenvalue weighted by molar-refractivity contribution is -0.139. The van der Waals surface area contributed by atoms with Gasteiger partial charge in [0.25, 0.3) is 0 Å². The van der Waals surface area contributed by atoms with Crippen molar-refractivity contribution in [2.45, 2.75) is 20.0 Å². The van der Waals surface area contributed by atoms with Crippen LogP contribution in [0.25, 0.3) is 11.3 Å². The van der Waals surface area contributed by atoms with Gasteiger partial charge in [0.15, 0.2) is 0 Å². The van der Waals surface area contributed by atoms with E-state index in [2.05, 4.69) is 5.16 Å². The van der Waals surface area contributed by atoms with Crippen LogP contribution in [0, 0.1) is 12.7 Å². The molecule has 0 saturated heterocycles. The van der Waals surface area contributed by atoms with Crippen molar-refractivity contribution in [2.24, 2.45) is 0 Å². The highest BCUT2D eigenvalue weighted by atomic mass is 19.4. The highest BCUT2D eigenvalue weighted by Crippen LogP contribution is 2.35.